The minimum atomic E-state index is -0.921. The summed E-state index contributed by atoms with van der Waals surface area (Å²) in [5.41, 5.74) is 1.80. The molecule has 7 nitrogen and oxygen atoms in total. The van der Waals surface area contributed by atoms with Crippen molar-refractivity contribution in [1.29, 1.82) is 5.26 Å². The number of aryl methyl sites for hydroxylation is 1. The van der Waals surface area contributed by atoms with Crippen molar-refractivity contribution < 1.29 is 9.53 Å². The Hall–Kier alpha value is -2.79. The molecule has 1 N–H and O–H groups in total. The molecule has 2 aromatic heterocycles. The molecular weight excluding hydrogens is 386 g/mol. The van der Waals surface area contributed by atoms with Crippen LogP contribution in [0.5, 0.6) is 5.75 Å². The third-order valence-corrected chi connectivity index (χ3v) is 6.34. The Balaban J connectivity index is 1.97. The Labute approximate surface area is 174 Å². The van der Waals surface area contributed by atoms with E-state index in [1.165, 1.54) is 11.8 Å². The van der Waals surface area contributed by atoms with Gasteiger partial charge in [0, 0.05) is 11.5 Å². The van der Waals surface area contributed by atoms with Crippen molar-refractivity contribution in [3.63, 3.8) is 0 Å². The van der Waals surface area contributed by atoms with Crippen LogP contribution in [0.4, 0.5) is 0 Å². The first-order valence-corrected chi connectivity index (χ1v) is 10.3. The first-order valence-electron chi connectivity index (χ1n) is 9.42. The summed E-state index contributed by atoms with van der Waals surface area (Å²) in [6, 6.07) is 10.1. The van der Waals surface area contributed by atoms with Gasteiger partial charge in [0.15, 0.2) is 10.8 Å². The number of aromatic nitrogens is 3. The number of thioether (sulfide) groups is 1. The third-order valence-electron chi connectivity index (χ3n) is 5.30. The highest BCUT2D eigenvalue weighted by Gasteiger charge is 2.32. The molecule has 2 atom stereocenters. The number of fused-ring (bicyclic) bond motifs is 3. The summed E-state index contributed by atoms with van der Waals surface area (Å²) in [4.78, 5) is 12.7. The van der Waals surface area contributed by atoms with Crippen molar-refractivity contribution in [2.24, 2.45) is 5.92 Å². The summed E-state index contributed by atoms with van der Waals surface area (Å²) in [6.07, 6.45) is 0. The van der Waals surface area contributed by atoms with Crippen LogP contribution in [0.1, 0.15) is 33.3 Å². The maximum Gasteiger partial charge on any atom is 0.234 e. The zero-order valence-corrected chi connectivity index (χ0v) is 18.3. The minimum absolute atomic E-state index is 0.0121. The van der Waals surface area contributed by atoms with Gasteiger partial charge in [-0.3, -0.25) is 9.20 Å². The molecule has 0 aliphatic rings. The second-order valence-corrected chi connectivity index (χ2v) is 8.91. The van der Waals surface area contributed by atoms with Gasteiger partial charge in [0.1, 0.15) is 11.3 Å². The van der Waals surface area contributed by atoms with E-state index in [4.69, 9.17) is 4.74 Å². The van der Waals surface area contributed by atoms with Gasteiger partial charge in [0.25, 0.3) is 0 Å². The van der Waals surface area contributed by atoms with Gasteiger partial charge in [-0.25, -0.2) is 0 Å². The smallest absolute Gasteiger partial charge is 0.234 e. The van der Waals surface area contributed by atoms with Gasteiger partial charge in [-0.2, -0.15) is 5.26 Å². The van der Waals surface area contributed by atoms with Gasteiger partial charge >= 0.3 is 0 Å². The van der Waals surface area contributed by atoms with Gasteiger partial charge < -0.3 is 10.1 Å². The van der Waals surface area contributed by atoms with Crippen LogP contribution in [0.3, 0.4) is 0 Å². The Morgan fingerprint density at radius 3 is 2.66 bits per heavy atom. The Morgan fingerprint density at radius 2 is 2.03 bits per heavy atom. The first kappa shape index (κ1) is 20.9. The van der Waals surface area contributed by atoms with Gasteiger partial charge in [-0.15, -0.1) is 10.2 Å². The molecule has 0 fully saturated rings. The lowest BCUT2D eigenvalue weighted by Crippen LogP contribution is -2.51. The fourth-order valence-electron chi connectivity index (χ4n) is 2.98. The molecule has 3 rings (SSSR count). The molecule has 0 aliphatic carbocycles. The SMILES string of the molecule is COc1ccc2c(C)cc3nnc(SC(C)C(=O)NC(C)(C#N)C(C)C)n3c2c1. The highest BCUT2D eigenvalue weighted by atomic mass is 32.2. The monoisotopic (exact) mass is 411 g/mol. The summed E-state index contributed by atoms with van der Waals surface area (Å²) in [5.74, 6) is 0.516. The predicted octanol–water partition coefficient (Wildman–Crippen LogP) is 3.73. The molecule has 0 spiro atoms. The molecule has 0 saturated heterocycles. The second-order valence-electron chi connectivity index (χ2n) is 7.60. The van der Waals surface area contributed by atoms with E-state index < -0.39 is 10.8 Å². The number of methoxy groups -OCH3 is 1. The zero-order valence-electron chi connectivity index (χ0n) is 17.5. The van der Waals surface area contributed by atoms with Crippen LogP contribution in [0.2, 0.25) is 0 Å². The molecule has 1 amide bonds. The standard InChI is InChI=1S/C21H25N5O2S/c1-12(2)21(5,11-22)23-19(27)14(4)29-20-25-24-18-9-13(3)16-8-7-15(28-6)10-17(16)26(18)20/h7-10,12,14H,1-6H3,(H,23,27). The van der Waals surface area contributed by atoms with Crippen molar-refractivity contribution in [3.05, 3.63) is 29.8 Å². The molecule has 8 heteroatoms. The maximum atomic E-state index is 12.7. The molecule has 0 radical (unpaired) electrons. The number of nitrogens with zero attached hydrogens (tertiary/aromatic N) is 4. The number of ether oxygens (including phenoxy) is 1. The summed E-state index contributed by atoms with van der Waals surface area (Å²) in [7, 11) is 1.63. The first-order chi connectivity index (χ1) is 13.7. The molecule has 2 heterocycles. The minimum Gasteiger partial charge on any atom is -0.497 e. The van der Waals surface area contributed by atoms with Gasteiger partial charge in [-0.1, -0.05) is 25.6 Å². The zero-order chi connectivity index (χ0) is 21.3. The van der Waals surface area contributed by atoms with E-state index in [-0.39, 0.29) is 11.8 Å². The van der Waals surface area contributed by atoms with Crippen LogP contribution in [-0.4, -0.2) is 38.4 Å². The molecule has 3 aromatic rings. The lowest BCUT2D eigenvalue weighted by molar-refractivity contribution is -0.121. The predicted molar refractivity (Wildman–Crippen MR) is 114 cm³/mol. The highest BCUT2D eigenvalue weighted by Crippen LogP contribution is 2.30. The van der Waals surface area contributed by atoms with Crippen molar-refractivity contribution in [2.75, 3.05) is 7.11 Å². The molecule has 0 aliphatic heterocycles. The second kappa shape index (κ2) is 7.91. The number of carbonyl (C=O) groups is 1. The Kier molecular flexibility index (Phi) is 5.71. The number of carbonyl (C=O) groups excluding carboxylic acids is 1. The van der Waals surface area contributed by atoms with Crippen LogP contribution in [0, 0.1) is 24.2 Å². The Morgan fingerprint density at radius 1 is 1.31 bits per heavy atom. The number of nitriles is 1. The van der Waals surface area contributed by atoms with Crippen molar-refractivity contribution in [2.45, 2.75) is 50.6 Å². The number of pyridine rings is 1. The van der Waals surface area contributed by atoms with Crippen molar-refractivity contribution in [1.82, 2.24) is 19.9 Å². The number of hydrogen-bond acceptors (Lipinski definition) is 6. The molecular formula is C21H25N5O2S. The van der Waals surface area contributed by atoms with Crippen LogP contribution in [0.15, 0.2) is 29.4 Å². The lowest BCUT2D eigenvalue weighted by Gasteiger charge is -2.28. The number of amides is 1. The van der Waals surface area contributed by atoms with Crippen LogP contribution in [0.25, 0.3) is 16.6 Å². The summed E-state index contributed by atoms with van der Waals surface area (Å²) in [5, 5.41) is 22.2. The number of hydrogen-bond donors (Lipinski definition) is 1. The lowest BCUT2D eigenvalue weighted by atomic mass is 9.90. The van der Waals surface area contributed by atoms with Gasteiger partial charge in [0.05, 0.1) is 23.9 Å². The maximum absolute atomic E-state index is 12.7. The molecule has 2 unspecified atom stereocenters. The number of benzene rings is 1. The average molecular weight is 412 g/mol. The van der Waals surface area contributed by atoms with Crippen molar-refractivity contribution in [3.8, 4) is 11.8 Å². The quantitative estimate of drug-likeness (QED) is 0.621. The molecule has 1 aromatic carbocycles. The fraction of sp³-hybridized carbons (Fsp3) is 0.429. The topological polar surface area (TPSA) is 92.3 Å². The van der Waals surface area contributed by atoms with Crippen molar-refractivity contribution >= 4 is 34.2 Å². The van der Waals surface area contributed by atoms with Gasteiger partial charge in [-0.05, 0) is 50.5 Å². The third kappa shape index (κ3) is 3.87. The summed E-state index contributed by atoms with van der Waals surface area (Å²) >= 11 is 1.31. The van der Waals surface area contributed by atoms with E-state index in [0.29, 0.717) is 10.8 Å². The normalized spacial score (nSPS) is 14.6. The van der Waals surface area contributed by atoms with E-state index >= 15 is 0 Å². The molecule has 29 heavy (non-hydrogen) atoms. The largest absolute Gasteiger partial charge is 0.497 e. The fourth-order valence-corrected chi connectivity index (χ4v) is 3.84. The van der Waals surface area contributed by atoms with E-state index in [1.54, 1.807) is 21.0 Å². The Bertz CT molecular complexity index is 1120. The molecule has 0 saturated carbocycles. The van der Waals surface area contributed by atoms with E-state index in [0.717, 1.165) is 22.2 Å². The average Bonchev–Trinajstić information content (AvgIpc) is 3.09. The summed E-state index contributed by atoms with van der Waals surface area (Å²) in [6.45, 7) is 9.39. The number of nitrogens with one attached hydrogen (secondary N) is 1. The van der Waals surface area contributed by atoms with E-state index in [9.17, 15) is 10.1 Å². The van der Waals surface area contributed by atoms with Crippen LogP contribution in [-0.2, 0) is 4.79 Å². The van der Waals surface area contributed by atoms with Crippen LogP contribution >= 0.6 is 11.8 Å². The molecule has 152 valence electrons. The number of rotatable bonds is 6. The molecule has 0 bridgehead atoms. The van der Waals surface area contributed by atoms with E-state index in [2.05, 4.69) is 21.6 Å². The van der Waals surface area contributed by atoms with E-state index in [1.807, 2.05) is 49.4 Å². The van der Waals surface area contributed by atoms with Gasteiger partial charge in [0.2, 0.25) is 5.91 Å². The van der Waals surface area contributed by atoms with Crippen LogP contribution < -0.4 is 10.1 Å². The highest BCUT2D eigenvalue weighted by molar-refractivity contribution is 8.00. The summed E-state index contributed by atoms with van der Waals surface area (Å²) < 4.78 is 7.32.